The zero-order valence-electron chi connectivity index (χ0n) is 23.0. The highest BCUT2D eigenvalue weighted by Gasteiger charge is 2.27. The topological polar surface area (TPSA) is 157 Å². The largest absolute Gasteiger partial charge is 0.493 e. The van der Waals surface area contributed by atoms with Crippen molar-refractivity contribution < 1.29 is 23.9 Å². The number of likely N-dealkylation sites (N-methyl/N-ethyl adjacent to an activating group) is 1. The van der Waals surface area contributed by atoms with Gasteiger partial charge in [0, 0.05) is 25.7 Å². The van der Waals surface area contributed by atoms with Crippen LogP contribution in [0.3, 0.4) is 0 Å². The van der Waals surface area contributed by atoms with Gasteiger partial charge in [-0.3, -0.25) is 28.7 Å². The van der Waals surface area contributed by atoms with Gasteiger partial charge in [-0.15, -0.1) is 0 Å². The number of nitrogens with two attached hydrogens (primary N) is 1. The first-order valence-corrected chi connectivity index (χ1v) is 12.2. The zero-order chi connectivity index (χ0) is 28.7. The van der Waals surface area contributed by atoms with E-state index < -0.39 is 29.7 Å². The van der Waals surface area contributed by atoms with Gasteiger partial charge in [0.1, 0.15) is 5.82 Å². The maximum Gasteiger partial charge on any atom is 0.330 e. The number of Topliss-reactive ketones (excluding diaryl/α,β-unsaturated/α-hetero) is 1. The minimum Gasteiger partial charge on any atom is -0.493 e. The summed E-state index contributed by atoms with van der Waals surface area (Å²) in [6.07, 6.45) is 0. The van der Waals surface area contributed by atoms with Crippen LogP contribution in [0.25, 0.3) is 0 Å². The summed E-state index contributed by atoms with van der Waals surface area (Å²) in [5.41, 5.74) is 5.09. The van der Waals surface area contributed by atoms with E-state index in [4.69, 9.17) is 15.2 Å². The molecule has 1 aromatic carbocycles. The van der Waals surface area contributed by atoms with Gasteiger partial charge in [0.2, 0.25) is 5.91 Å². The molecule has 12 heteroatoms. The number of methoxy groups -OCH3 is 1. The third kappa shape index (κ3) is 7.46. The van der Waals surface area contributed by atoms with Crippen LogP contribution < -0.4 is 31.4 Å². The number of carbonyl (C=O) groups is 3. The molecule has 12 nitrogen and oxygen atoms in total. The molecule has 0 aliphatic carbocycles. The molecule has 0 atom stereocenters. The molecule has 0 aliphatic heterocycles. The highest BCUT2D eigenvalue weighted by Crippen LogP contribution is 2.28. The molecule has 0 saturated heterocycles. The van der Waals surface area contributed by atoms with Crippen molar-refractivity contribution in [2.75, 3.05) is 44.5 Å². The van der Waals surface area contributed by atoms with E-state index in [1.165, 1.54) is 47.6 Å². The summed E-state index contributed by atoms with van der Waals surface area (Å²) in [7, 11) is 2.85. The van der Waals surface area contributed by atoms with Crippen molar-refractivity contribution in [2.45, 2.75) is 41.2 Å². The fraction of sp³-hybridized carbons (Fsp3) is 0.500. The van der Waals surface area contributed by atoms with Crippen LogP contribution in [0.5, 0.6) is 11.5 Å². The van der Waals surface area contributed by atoms with Gasteiger partial charge >= 0.3 is 5.69 Å². The first-order valence-electron chi connectivity index (χ1n) is 12.2. The molecule has 3 N–H and O–H groups in total. The molecule has 0 fully saturated rings. The Kier molecular flexibility index (Phi) is 10.3. The molecule has 0 radical (unpaired) electrons. The second-order valence-corrected chi connectivity index (χ2v) is 9.86. The van der Waals surface area contributed by atoms with Crippen molar-refractivity contribution in [1.29, 1.82) is 0 Å². The van der Waals surface area contributed by atoms with Gasteiger partial charge in [0.05, 0.1) is 13.7 Å². The Morgan fingerprint density at radius 2 is 1.71 bits per heavy atom. The molecule has 0 bridgehead atoms. The van der Waals surface area contributed by atoms with E-state index >= 15 is 0 Å². The van der Waals surface area contributed by atoms with E-state index in [1.807, 2.05) is 27.7 Å². The van der Waals surface area contributed by atoms with Gasteiger partial charge in [-0.25, -0.2) is 4.79 Å². The van der Waals surface area contributed by atoms with E-state index in [2.05, 4.69) is 4.98 Å². The van der Waals surface area contributed by atoms with Crippen LogP contribution in [0.1, 0.15) is 45.0 Å². The molecule has 0 aliphatic rings. The molecule has 0 saturated carbocycles. The Balaban J connectivity index is 2.24. The number of ether oxygens (including phenoxy) is 2. The number of aromatic amines is 1. The first kappa shape index (κ1) is 30.1. The molecule has 2 rings (SSSR count). The SMILES string of the molecule is COc1cc(C(C)=O)ccc1OCC(=O)N(C)CC(=O)N(CC(C)C)c1c(N)n(CC(C)C)c(=O)[nH]c1=O. The average molecular weight is 532 g/mol. The maximum absolute atomic E-state index is 13.3. The first-order chi connectivity index (χ1) is 17.8. The number of H-pyrrole nitrogens is 1. The predicted molar refractivity (Wildman–Crippen MR) is 144 cm³/mol. The molecular formula is C26H37N5O7. The van der Waals surface area contributed by atoms with Gasteiger partial charge in [-0.2, -0.15) is 0 Å². The van der Waals surface area contributed by atoms with Crippen LogP contribution in [0.15, 0.2) is 27.8 Å². The fourth-order valence-corrected chi connectivity index (χ4v) is 3.70. The van der Waals surface area contributed by atoms with Crippen LogP contribution in [0, 0.1) is 11.8 Å². The average Bonchev–Trinajstić information content (AvgIpc) is 2.83. The van der Waals surface area contributed by atoms with Crippen LogP contribution >= 0.6 is 0 Å². The second-order valence-electron chi connectivity index (χ2n) is 9.86. The lowest BCUT2D eigenvalue weighted by Gasteiger charge is -2.28. The van der Waals surface area contributed by atoms with Crippen molar-refractivity contribution in [1.82, 2.24) is 14.5 Å². The summed E-state index contributed by atoms with van der Waals surface area (Å²) in [6.45, 7) is 8.57. The minimum atomic E-state index is -0.778. The quantitative estimate of drug-likeness (QED) is 0.390. The van der Waals surface area contributed by atoms with E-state index in [1.54, 1.807) is 6.07 Å². The molecule has 0 unspecified atom stereocenters. The van der Waals surface area contributed by atoms with Crippen LogP contribution in [0.4, 0.5) is 11.5 Å². The lowest BCUT2D eigenvalue weighted by molar-refractivity contribution is -0.135. The Bertz CT molecular complexity index is 1300. The number of nitrogens with one attached hydrogen (secondary N) is 1. The van der Waals surface area contributed by atoms with Gasteiger partial charge < -0.3 is 25.0 Å². The number of nitrogens with zero attached hydrogens (tertiary/aromatic N) is 3. The smallest absolute Gasteiger partial charge is 0.330 e. The number of amides is 2. The molecule has 208 valence electrons. The van der Waals surface area contributed by atoms with E-state index in [0.717, 1.165) is 0 Å². The number of anilines is 2. The van der Waals surface area contributed by atoms with E-state index in [-0.39, 0.29) is 54.5 Å². The van der Waals surface area contributed by atoms with E-state index in [9.17, 15) is 24.0 Å². The van der Waals surface area contributed by atoms with Crippen molar-refractivity contribution in [3.8, 4) is 11.5 Å². The molecule has 38 heavy (non-hydrogen) atoms. The monoisotopic (exact) mass is 531 g/mol. The van der Waals surface area contributed by atoms with E-state index in [0.29, 0.717) is 11.3 Å². The van der Waals surface area contributed by atoms with Crippen molar-refractivity contribution in [2.24, 2.45) is 11.8 Å². The summed E-state index contributed by atoms with van der Waals surface area (Å²) in [5.74, 6) is -0.745. The Hall–Kier alpha value is -4.09. The van der Waals surface area contributed by atoms with Crippen LogP contribution in [-0.4, -0.2) is 65.9 Å². The van der Waals surface area contributed by atoms with Crippen LogP contribution in [0.2, 0.25) is 0 Å². The summed E-state index contributed by atoms with van der Waals surface area (Å²) >= 11 is 0. The molecule has 1 aromatic heterocycles. The van der Waals surface area contributed by atoms with Crippen molar-refractivity contribution >= 4 is 29.1 Å². The molecule has 2 aromatic rings. The molecule has 2 amide bonds. The number of benzene rings is 1. The normalized spacial score (nSPS) is 11.0. The minimum absolute atomic E-state index is 0.0435. The highest BCUT2D eigenvalue weighted by atomic mass is 16.5. The number of nitrogen functional groups attached to an aromatic ring is 1. The number of hydrogen-bond acceptors (Lipinski definition) is 8. The van der Waals surface area contributed by atoms with Crippen molar-refractivity contribution in [3.05, 3.63) is 44.6 Å². The number of rotatable bonds is 12. The van der Waals surface area contributed by atoms with Gasteiger partial charge in [0.25, 0.3) is 11.5 Å². The zero-order valence-corrected chi connectivity index (χ0v) is 23.0. The van der Waals surface area contributed by atoms with Crippen LogP contribution in [-0.2, 0) is 16.1 Å². The second kappa shape index (κ2) is 12.9. The van der Waals surface area contributed by atoms with Gasteiger partial charge in [-0.1, -0.05) is 27.7 Å². The predicted octanol–water partition coefficient (Wildman–Crippen LogP) is 1.51. The number of ketones is 1. The molecular weight excluding hydrogens is 494 g/mol. The number of aromatic nitrogens is 2. The Labute approximate surface area is 221 Å². The standard InChI is InChI=1S/C26H37N5O7/c1-15(2)11-30(23-24(27)31(12-16(3)4)26(36)28-25(23)35)21(33)13-29(6)22(34)14-38-19-9-8-18(17(5)32)10-20(19)37-7/h8-10,15-16H,11-14,27H2,1-7H3,(H,28,35,36). The summed E-state index contributed by atoms with van der Waals surface area (Å²) in [4.78, 5) is 67.4. The summed E-state index contributed by atoms with van der Waals surface area (Å²) < 4.78 is 12.1. The fourth-order valence-electron chi connectivity index (χ4n) is 3.70. The highest BCUT2D eigenvalue weighted by molar-refractivity contribution is 5.98. The Morgan fingerprint density at radius 3 is 2.26 bits per heavy atom. The van der Waals surface area contributed by atoms with Gasteiger partial charge in [-0.05, 0) is 37.0 Å². The molecule has 1 heterocycles. The lowest BCUT2D eigenvalue weighted by Crippen LogP contribution is -2.47. The summed E-state index contributed by atoms with van der Waals surface area (Å²) in [5, 5.41) is 0. The van der Waals surface area contributed by atoms with Gasteiger partial charge in [0.15, 0.2) is 29.6 Å². The third-order valence-corrected chi connectivity index (χ3v) is 5.60. The summed E-state index contributed by atoms with van der Waals surface area (Å²) in [6, 6.07) is 4.60. The number of carbonyl (C=O) groups excluding carboxylic acids is 3. The van der Waals surface area contributed by atoms with Crippen molar-refractivity contribution in [3.63, 3.8) is 0 Å². The molecule has 0 spiro atoms. The maximum atomic E-state index is 13.3. The third-order valence-electron chi connectivity index (χ3n) is 5.60. The number of hydrogen-bond donors (Lipinski definition) is 2. The Morgan fingerprint density at radius 1 is 1.05 bits per heavy atom. The lowest BCUT2D eigenvalue weighted by atomic mass is 10.1.